The standard InChI is InChI=1S/C24H33N7.HI/c1-5-25-24(27-12-14-30(6-2)22-9-7-8-19(3)16-22)29-18-21-10-11-23(28-17-21)31-15-13-26-20(31)4;/h7-11,13,15-17H,5-6,12,14,18H2,1-4H3,(H2,25,27,29);1H. The normalized spacial score (nSPS) is 11.1. The third-order valence-electron chi connectivity index (χ3n) is 5.07. The maximum absolute atomic E-state index is 4.72. The molecule has 0 aliphatic rings. The Kier molecular flexibility index (Phi) is 10.5. The fourth-order valence-electron chi connectivity index (χ4n) is 3.39. The molecule has 0 aliphatic carbocycles. The van der Waals surface area contributed by atoms with Gasteiger partial charge in [0.25, 0.3) is 0 Å². The van der Waals surface area contributed by atoms with Crippen molar-refractivity contribution in [1.82, 2.24) is 25.2 Å². The maximum atomic E-state index is 4.72. The van der Waals surface area contributed by atoms with Gasteiger partial charge in [0.15, 0.2) is 5.96 Å². The van der Waals surface area contributed by atoms with Crippen molar-refractivity contribution in [2.45, 2.75) is 34.2 Å². The van der Waals surface area contributed by atoms with E-state index in [2.05, 4.69) is 76.6 Å². The van der Waals surface area contributed by atoms with Gasteiger partial charge in [0, 0.05) is 50.5 Å². The first-order chi connectivity index (χ1) is 15.1. The second-order valence-electron chi connectivity index (χ2n) is 7.41. The largest absolute Gasteiger partial charge is 0.370 e. The number of hydrogen-bond donors (Lipinski definition) is 2. The zero-order chi connectivity index (χ0) is 22.1. The lowest BCUT2D eigenvalue weighted by Gasteiger charge is -2.24. The molecule has 3 aromatic rings. The summed E-state index contributed by atoms with van der Waals surface area (Å²) in [6.07, 6.45) is 5.57. The predicted octanol–water partition coefficient (Wildman–Crippen LogP) is 4.08. The zero-order valence-corrected chi connectivity index (χ0v) is 21.7. The van der Waals surface area contributed by atoms with Crippen molar-refractivity contribution in [2.24, 2.45) is 4.99 Å². The molecule has 0 fully saturated rings. The van der Waals surface area contributed by atoms with E-state index in [0.717, 1.165) is 49.3 Å². The summed E-state index contributed by atoms with van der Waals surface area (Å²) in [4.78, 5) is 15.9. The minimum absolute atomic E-state index is 0. The number of aliphatic imine (C=N–C) groups is 1. The highest BCUT2D eigenvalue weighted by Gasteiger charge is 2.06. The predicted molar refractivity (Wildman–Crippen MR) is 143 cm³/mol. The number of nitrogens with zero attached hydrogens (tertiary/aromatic N) is 5. The van der Waals surface area contributed by atoms with Crippen molar-refractivity contribution in [3.05, 3.63) is 71.9 Å². The van der Waals surface area contributed by atoms with Crippen molar-refractivity contribution in [3.8, 4) is 5.82 Å². The van der Waals surface area contributed by atoms with Crippen LogP contribution in [0.5, 0.6) is 0 Å². The van der Waals surface area contributed by atoms with Crippen LogP contribution in [0, 0.1) is 13.8 Å². The Morgan fingerprint density at radius 3 is 2.56 bits per heavy atom. The second kappa shape index (κ2) is 13.0. The van der Waals surface area contributed by atoms with Crippen molar-refractivity contribution >= 4 is 35.6 Å². The van der Waals surface area contributed by atoms with E-state index in [-0.39, 0.29) is 24.0 Å². The van der Waals surface area contributed by atoms with E-state index in [9.17, 15) is 0 Å². The van der Waals surface area contributed by atoms with E-state index in [1.54, 1.807) is 6.20 Å². The lowest BCUT2D eigenvalue weighted by molar-refractivity contribution is 0.751. The van der Waals surface area contributed by atoms with Crippen molar-refractivity contribution in [3.63, 3.8) is 0 Å². The van der Waals surface area contributed by atoms with Crippen LogP contribution in [-0.4, -0.2) is 46.7 Å². The van der Waals surface area contributed by atoms with Gasteiger partial charge in [-0.3, -0.25) is 4.57 Å². The average molecular weight is 547 g/mol. The molecular weight excluding hydrogens is 513 g/mol. The van der Waals surface area contributed by atoms with Crippen LogP contribution >= 0.6 is 24.0 Å². The Bertz CT molecular complexity index is 982. The summed E-state index contributed by atoms with van der Waals surface area (Å²) in [6.45, 7) is 12.4. The van der Waals surface area contributed by atoms with E-state index < -0.39 is 0 Å². The highest BCUT2D eigenvalue weighted by molar-refractivity contribution is 14.0. The van der Waals surface area contributed by atoms with E-state index in [4.69, 9.17) is 4.99 Å². The number of nitrogens with one attached hydrogen (secondary N) is 2. The molecule has 0 unspecified atom stereocenters. The third kappa shape index (κ3) is 7.22. The molecule has 0 saturated carbocycles. The quantitative estimate of drug-likeness (QED) is 0.240. The molecule has 2 heterocycles. The number of benzene rings is 1. The van der Waals surface area contributed by atoms with Crippen LogP contribution < -0.4 is 15.5 Å². The molecule has 0 saturated heterocycles. The number of pyridine rings is 1. The molecular formula is C24H34IN7. The first-order valence-electron chi connectivity index (χ1n) is 10.9. The fourth-order valence-corrected chi connectivity index (χ4v) is 3.39. The van der Waals surface area contributed by atoms with Gasteiger partial charge in [-0.1, -0.05) is 18.2 Å². The van der Waals surface area contributed by atoms with Crippen LogP contribution in [0.25, 0.3) is 5.82 Å². The average Bonchev–Trinajstić information content (AvgIpc) is 3.21. The smallest absolute Gasteiger partial charge is 0.191 e. The van der Waals surface area contributed by atoms with Gasteiger partial charge in [0.05, 0.1) is 6.54 Å². The maximum Gasteiger partial charge on any atom is 0.191 e. The van der Waals surface area contributed by atoms with Crippen molar-refractivity contribution in [1.29, 1.82) is 0 Å². The topological polar surface area (TPSA) is 70.4 Å². The summed E-state index contributed by atoms with van der Waals surface area (Å²) in [7, 11) is 0. The Balaban J connectivity index is 0.00000363. The molecule has 0 atom stereocenters. The molecule has 0 radical (unpaired) electrons. The Morgan fingerprint density at radius 2 is 1.94 bits per heavy atom. The van der Waals surface area contributed by atoms with Crippen LogP contribution in [0.2, 0.25) is 0 Å². The summed E-state index contributed by atoms with van der Waals surface area (Å²) in [6, 6.07) is 12.7. The Labute approximate surface area is 208 Å². The third-order valence-corrected chi connectivity index (χ3v) is 5.07. The van der Waals surface area contributed by atoms with Gasteiger partial charge in [-0.25, -0.2) is 15.0 Å². The number of aromatic nitrogens is 3. The van der Waals surface area contributed by atoms with E-state index >= 15 is 0 Å². The molecule has 0 amide bonds. The number of likely N-dealkylation sites (N-methyl/N-ethyl adjacent to an activating group) is 1. The lowest BCUT2D eigenvalue weighted by atomic mass is 10.2. The van der Waals surface area contributed by atoms with Crippen molar-refractivity contribution in [2.75, 3.05) is 31.1 Å². The van der Waals surface area contributed by atoms with E-state index in [0.29, 0.717) is 6.54 Å². The number of halogens is 1. The van der Waals surface area contributed by atoms with Crippen LogP contribution in [0.1, 0.15) is 30.8 Å². The number of rotatable bonds is 9. The fraction of sp³-hybridized carbons (Fsp3) is 0.375. The van der Waals surface area contributed by atoms with Gasteiger partial charge in [0.1, 0.15) is 11.6 Å². The van der Waals surface area contributed by atoms with Gasteiger partial charge < -0.3 is 15.5 Å². The number of anilines is 1. The van der Waals surface area contributed by atoms with Crippen LogP contribution in [-0.2, 0) is 6.54 Å². The minimum atomic E-state index is 0. The van der Waals surface area contributed by atoms with Gasteiger partial charge in [-0.2, -0.15) is 0 Å². The number of hydrogen-bond acceptors (Lipinski definition) is 4. The number of aryl methyl sites for hydroxylation is 2. The first kappa shape index (κ1) is 25.6. The second-order valence-corrected chi connectivity index (χ2v) is 7.41. The summed E-state index contributed by atoms with van der Waals surface area (Å²) in [5.41, 5.74) is 3.60. The monoisotopic (exact) mass is 547 g/mol. The highest BCUT2D eigenvalue weighted by Crippen LogP contribution is 2.15. The lowest BCUT2D eigenvalue weighted by Crippen LogP contribution is -2.41. The van der Waals surface area contributed by atoms with Gasteiger partial charge in [0.2, 0.25) is 0 Å². The molecule has 8 heteroatoms. The van der Waals surface area contributed by atoms with Gasteiger partial charge in [-0.05, 0) is 57.0 Å². The first-order valence-corrected chi connectivity index (χ1v) is 10.9. The van der Waals surface area contributed by atoms with E-state index in [1.165, 1.54) is 11.3 Å². The minimum Gasteiger partial charge on any atom is -0.370 e. The van der Waals surface area contributed by atoms with Gasteiger partial charge in [-0.15, -0.1) is 24.0 Å². The highest BCUT2D eigenvalue weighted by atomic mass is 127. The van der Waals surface area contributed by atoms with E-state index in [1.807, 2.05) is 30.0 Å². The molecule has 32 heavy (non-hydrogen) atoms. The van der Waals surface area contributed by atoms with Crippen LogP contribution in [0.15, 0.2) is 60.0 Å². The molecule has 0 aliphatic heterocycles. The summed E-state index contributed by atoms with van der Waals surface area (Å²) in [5.74, 6) is 2.60. The molecule has 172 valence electrons. The summed E-state index contributed by atoms with van der Waals surface area (Å²) >= 11 is 0. The Hall–Kier alpha value is -2.62. The molecule has 0 spiro atoms. The number of imidazole rings is 1. The van der Waals surface area contributed by atoms with Crippen molar-refractivity contribution < 1.29 is 0 Å². The molecule has 1 aromatic carbocycles. The van der Waals surface area contributed by atoms with Crippen LogP contribution in [0.3, 0.4) is 0 Å². The number of guanidine groups is 1. The molecule has 7 nitrogen and oxygen atoms in total. The molecule has 3 rings (SSSR count). The zero-order valence-electron chi connectivity index (χ0n) is 19.4. The Morgan fingerprint density at radius 1 is 1.09 bits per heavy atom. The molecule has 2 aromatic heterocycles. The summed E-state index contributed by atoms with van der Waals surface area (Å²) in [5, 5.41) is 6.77. The summed E-state index contributed by atoms with van der Waals surface area (Å²) < 4.78 is 1.96. The van der Waals surface area contributed by atoms with Crippen LogP contribution in [0.4, 0.5) is 5.69 Å². The SMILES string of the molecule is CCNC(=NCc1ccc(-n2ccnc2C)nc1)NCCN(CC)c1cccc(C)c1.I. The van der Waals surface area contributed by atoms with Gasteiger partial charge >= 0.3 is 0 Å². The molecule has 2 N–H and O–H groups in total. The molecule has 0 bridgehead atoms.